The topological polar surface area (TPSA) is 20.3 Å². The lowest BCUT2D eigenvalue weighted by atomic mass is 10.1. The van der Waals surface area contributed by atoms with Crippen molar-refractivity contribution in [2.24, 2.45) is 5.92 Å². The van der Waals surface area contributed by atoms with Gasteiger partial charge < -0.3 is 4.90 Å². The van der Waals surface area contributed by atoms with Crippen LogP contribution in [-0.4, -0.2) is 18.2 Å². The number of nitrogens with zero attached hydrogens (tertiary/aromatic N) is 1. The molecular weight excluding hydrogens is 242 g/mol. The summed E-state index contributed by atoms with van der Waals surface area (Å²) >= 11 is 4.29. The highest BCUT2D eigenvalue weighted by Gasteiger charge is 2.29. The second kappa shape index (κ2) is 6.28. The van der Waals surface area contributed by atoms with Crippen molar-refractivity contribution >= 4 is 24.2 Å². The minimum Gasteiger partial charge on any atom is -0.312 e. The Morgan fingerprint density at radius 3 is 2.61 bits per heavy atom. The molecule has 1 amide bonds. The Labute approximate surface area is 115 Å². The fraction of sp³-hybridized carbons (Fsp3) is 0.533. The van der Waals surface area contributed by atoms with Gasteiger partial charge in [-0.3, -0.25) is 4.79 Å². The average Bonchev–Trinajstić information content (AvgIpc) is 2.78. The van der Waals surface area contributed by atoms with Crippen LogP contribution >= 0.6 is 12.6 Å². The minimum atomic E-state index is 0.232. The van der Waals surface area contributed by atoms with E-state index in [1.54, 1.807) is 0 Å². The lowest BCUT2D eigenvalue weighted by Crippen LogP contribution is -2.24. The van der Waals surface area contributed by atoms with Crippen LogP contribution in [0.15, 0.2) is 24.3 Å². The molecule has 1 atom stereocenters. The summed E-state index contributed by atoms with van der Waals surface area (Å²) < 4.78 is 0. The van der Waals surface area contributed by atoms with Crippen molar-refractivity contribution in [2.45, 2.75) is 32.6 Å². The Kier molecular flexibility index (Phi) is 4.70. The molecule has 1 aromatic carbocycles. The molecule has 0 aromatic heterocycles. The van der Waals surface area contributed by atoms with E-state index in [0.717, 1.165) is 24.4 Å². The summed E-state index contributed by atoms with van der Waals surface area (Å²) in [7, 11) is 0. The van der Waals surface area contributed by atoms with E-state index in [9.17, 15) is 4.79 Å². The highest BCUT2D eigenvalue weighted by molar-refractivity contribution is 7.80. The van der Waals surface area contributed by atoms with Crippen LogP contribution in [0.25, 0.3) is 0 Å². The second-order valence-corrected chi connectivity index (χ2v) is 5.39. The highest BCUT2D eigenvalue weighted by Crippen LogP contribution is 2.26. The van der Waals surface area contributed by atoms with Crippen molar-refractivity contribution in [2.75, 3.05) is 17.2 Å². The van der Waals surface area contributed by atoms with Crippen LogP contribution in [-0.2, 0) is 11.2 Å². The van der Waals surface area contributed by atoms with Gasteiger partial charge in [-0.2, -0.15) is 12.6 Å². The summed E-state index contributed by atoms with van der Waals surface area (Å²) in [4.78, 5) is 13.8. The van der Waals surface area contributed by atoms with Crippen molar-refractivity contribution in [3.8, 4) is 0 Å². The second-order valence-electron chi connectivity index (χ2n) is 5.03. The van der Waals surface area contributed by atoms with Crippen LogP contribution in [0.4, 0.5) is 5.69 Å². The van der Waals surface area contributed by atoms with E-state index in [1.165, 1.54) is 18.4 Å². The van der Waals surface area contributed by atoms with Crippen LogP contribution in [0.3, 0.4) is 0 Å². The summed E-state index contributed by atoms with van der Waals surface area (Å²) in [5.74, 6) is 1.42. The summed E-state index contributed by atoms with van der Waals surface area (Å²) in [6.45, 7) is 3.02. The molecule has 1 aromatic rings. The maximum atomic E-state index is 11.9. The van der Waals surface area contributed by atoms with Gasteiger partial charge in [-0.25, -0.2) is 0 Å². The number of benzene rings is 1. The molecule has 0 bridgehead atoms. The van der Waals surface area contributed by atoms with Gasteiger partial charge >= 0.3 is 0 Å². The molecule has 98 valence electrons. The van der Waals surface area contributed by atoms with Crippen molar-refractivity contribution in [3.63, 3.8) is 0 Å². The third-order valence-corrected chi connectivity index (χ3v) is 4.05. The van der Waals surface area contributed by atoms with Crippen molar-refractivity contribution in [1.29, 1.82) is 0 Å². The zero-order chi connectivity index (χ0) is 13.0. The molecule has 0 spiro atoms. The lowest BCUT2D eigenvalue weighted by Gasteiger charge is -2.16. The third kappa shape index (κ3) is 3.08. The normalized spacial score (nSPS) is 19.6. The van der Waals surface area contributed by atoms with Gasteiger partial charge in [0.2, 0.25) is 5.91 Å². The quantitative estimate of drug-likeness (QED) is 0.808. The number of carbonyl (C=O) groups is 1. The smallest absolute Gasteiger partial charge is 0.227 e. The van der Waals surface area contributed by atoms with Gasteiger partial charge in [0.25, 0.3) is 0 Å². The highest BCUT2D eigenvalue weighted by atomic mass is 32.1. The fourth-order valence-corrected chi connectivity index (χ4v) is 2.62. The molecule has 1 aliphatic heterocycles. The molecular formula is C15H21NOS. The first-order chi connectivity index (χ1) is 8.74. The number of rotatable bonds is 5. The van der Waals surface area contributed by atoms with Gasteiger partial charge in [0.15, 0.2) is 0 Å². The first kappa shape index (κ1) is 13.5. The number of thiol groups is 1. The van der Waals surface area contributed by atoms with Gasteiger partial charge in [0.05, 0.1) is 0 Å². The molecule has 0 saturated carbocycles. The van der Waals surface area contributed by atoms with Crippen molar-refractivity contribution < 1.29 is 4.79 Å². The zero-order valence-corrected chi connectivity index (χ0v) is 11.8. The fourth-order valence-electron chi connectivity index (χ4n) is 2.38. The van der Waals surface area contributed by atoms with Crippen molar-refractivity contribution in [1.82, 2.24) is 0 Å². The Bertz CT molecular complexity index is 401. The zero-order valence-electron chi connectivity index (χ0n) is 10.9. The largest absolute Gasteiger partial charge is 0.312 e. The van der Waals surface area contributed by atoms with Crippen molar-refractivity contribution in [3.05, 3.63) is 29.8 Å². The van der Waals surface area contributed by atoms with Gasteiger partial charge in [-0.1, -0.05) is 25.5 Å². The van der Waals surface area contributed by atoms with Gasteiger partial charge in [-0.15, -0.1) is 0 Å². The summed E-state index contributed by atoms with van der Waals surface area (Å²) in [5, 5.41) is 0. The van der Waals surface area contributed by atoms with Crippen LogP contribution < -0.4 is 4.90 Å². The van der Waals surface area contributed by atoms with E-state index < -0.39 is 0 Å². The van der Waals surface area contributed by atoms with Crippen LogP contribution in [0.2, 0.25) is 0 Å². The molecule has 18 heavy (non-hydrogen) atoms. The Hall–Kier alpha value is -0.960. The molecule has 2 nitrogen and oxygen atoms in total. The van der Waals surface area contributed by atoms with E-state index in [-0.39, 0.29) is 5.91 Å². The van der Waals surface area contributed by atoms with Crippen LogP contribution in [0.1, 0.15) is 31.7 Å². The Morgan fingerprint density at radius 2 is 2.06 bits per heavy atom. The molecule has 0 radical (unpaired) electrons. The first-order valence-electron chi connectivity index (χ1n) is 6.74. The maximum Gasteiger partial charge on any atom is 0.227 e. The molecule has 1 heterocycles. The molecule has 2 rings (SSSR count). The number of anilines is 1. The summed E-state index contributed by atoms with van der Waals surface area (Å²) in [6.07, 6.45) is 4.21. The summed E-state index contributed by atoms with van der Waals surface area (Å²) in [5.41, 5.74) is 2.39. The van der Waals surface area contributed by atoms with Crippen LogP contribution in [0, 0.1) is 5.92 Å². The standard InChI is InChI=1S/C15H21NOS/c1-2-3-4-12-5-7-14(8-6-12)16-10-13(11-18)9-15(16)17/h5-8,13,18H,2-4,9-11H2,1H3. The van der Waals surface area contributed by atoms with Crippen LogP contribution in [0.5, 0.6) is 0 Å². The predicted octanol–water partition coefficient (Wildman–Crippen LogP) is 3.31. The number of amides is 1. The lowest BCUT2D eigenvalue weighted by molar-refractivity contribution is -0.117. The van der Waals surface area contributed by atoms with Gasteiger partial charge in [-0.05, 0) is 42.2 Å². The third-order valence-electron chi connectivity index (χ3n) is 3.53. The van der Waals surface area contributed by atoms with E-state index >= 15 is 0 Å². The number of unbranched alkanes of at least 4 members (excludes halogenated alkanes) is 1. The van der Waals surface area contributed by atoms with Gasteiger partial charge in [0.1, 0.15) is 0 Å². The SMILES string of the molecule is CCCCc1ccc(N2CC(CS)CC2=O)cc1. The number of carbonyl (C=O) groups excluding carboxylic acids is 1. The monoisotopic (exact) mass is 263 g/mol. The Morgan fingerprint density at radius 1 is 1.33 bits per heavy atom. The minimum absolute atomic E-state index is 0.232. The predicted molar refractivity (Wildman–Crippen MR) is 79.4 cm³/mol. The number of hydrogen-bond acceptors (Lipinski definition) is 2. The summed E-state index contributed by atoms with van der Waals surface area (Å²) in [6, 6.07) is 8.44. The first-order valence-corrected chi connectivity index (χ1v) is 7.38. The molecule has 1 fully saturated rings. The molecule has 0 N–H and O–H groups in total. The van der Waals surface area contributed by atoms with E-state index in [0.29, 0.717) is 12.3 Å². The Balaban J connectivity index is 2.03. The van der Waals surface area contributed by atoms with E-state index in [4.69, 9.17) is 0 Å². The number of aryl methyl sites for hydroxylation is 1. The average molecular weight is 263 g/mol. The maximum absolute atomic E-state index is 11.9. The number of hydrogen-bond donors (Lipinski definition) is 1. The molecule has 1 saturated heterocycles. The molecule has 1 unspecified atom stereocenters. The van der Waals surface area contributed by atoms with E-state index in [2.05, 4.69) is 43.8 Å². The van der Waals surface area contributed by atoms with Gasteiger partial charge in [0, 0.05) is 18.7 Å². The molecule has 3 heteroatoms. The molecule has 0 aliphatic carbocycles. The molecule has 1 aliphatic rings. The van der Waals surface area contributed by atoms with E-state index in [1.807, 2.05) is 4.90 Å².